The second kappa shape index (κ2) is 3.60. The van der Waals surface area contributed by atoms with Crippen LogP contribution in [0, 0.1) is 5.41 Å². The van der Waals surface area contributed by atoms with Gasteiger partial charge in [0.15, 0.2) is 0 Å². The van der Waals surface area contributed by atoms with Gasteiger partial charge in [0.25, 0.3) is 0 Å². The van der Waals surface area contributed by atoms with Gasteiger partial charge in [0.05, 0.1) is 11.9 Å². The molecule has 1 aliphatic heterocycles. The average molecular weight is 232 g/mol. The highest BCUT2D eigenvalue weighted by Gasteiger charge is 2.52. The summed E-state index contributed by atoms with van der Waals surface area (Å²) in [4.78, 5) is 8.89. The Morgan fingerprint density at radius 3 is 2.59 bits per heavy atom. The zero-order chi connectivity index (χ0) is 12.0. The third kappa shape index (κ3) is 1.76. The van der Waals surface area contributed by atoms with Crippen molar-refractivity contribution in [3.8, 4) is 0 Å². The normalized spacial score (nSPS) is 22.6. The van der Waals surface area contributed by atoms with Crippen LogP contribution in [0.5, 0.6) is 0 Å². The number of hydrogen-bond donors (Lipinski definition) is 1. The molecule has 0 bridgehead atoms. The van der Waals surface area contributed by atoms with Crippen molar-refractivity contribution in [2.45, 2.75) is 18.9 Å². The Morgan fingerprint density at radius 1 is 1.35 bits per heavy atom. The number of nitrogens with two attached hydrogens (primary N) is 1. The van der Waals surface area contributed by atoms with Crippen LogP contribution in [0.15, 0.2) is 18.3 Å². The number of rotatable bonds is 2. The Balaban J connectivity index is 1.57. The fourth-order valence-corrected chi connectivity index (χ4v) is 3.09. The molecule has 2 aliphatic rings. The molecular formula is C13H20N4. The third-order valence-electron chi connectivity index (χ3n) is 4.26. The number of anilines is 2. The minimum Gasteiger partial charge on any atom is -0.384 e. The fraction of sp³-hybridized carbons (Fsp3) is 0.615. The van der Waals surface area contributed by atoms with E-state index < -0.39 is 0 Å². The molecule has 0 radical (unpaired) electrons. The summed E-state index contributed by atoms with van der Waals surface area (Å²) >= 11 is 0. The summed E-state index contributed by atoms with van der Waals surface area (Å²) in [5.41, 5.74) is 7.39. The molecule has 4 heteroatoms. The summed E-state index contributed by atoms with van der Waals surface area (Å²) in [7, 11) is 4.36. The van der Waals surface area contributed by atoms with Crippen molar-refractivity contribution in [1.82, 2.24) is 9.88 Å². The maximum Gasteiger partial charge on any atom is 0.123 e. The predicted molar refractivity (Wildman–Crippen MR) is 70.0 cm³/mol. The number of aromatic nitrogens is 1. The van der Waals surface area contributed by atoms with Gasteiger partial charge in [0.1, 0.15) is 5.82 Å². The third-order valence-corrected chi connectivity index (χ3v) is 4.26. The van der Waals surface area contributed by atoms with Gasteiger partial charge in [0, 0.05) is 24.5 Å². The van der Waals surface area contributed by atoms with E-state index in [0.717, 1.165) is 6.04 Å². The first-order valence-corrected chi connectivity index (χ1v) is 6.21. The Bertz CT molecular complexity index is 398. The molecule has 2 heterocycles. The second-order valence-electron chi connectivity index (χ2n) is 5.82. The van der Waals surface area contributed by atoms with Crippen LogP contribution in [0.3, 0.4) is 0 Å². The first-order valence-electron chi connectivity index (χ1n) is 6.21. The van der Waals surface area contributed by atoms with Gasteiger partial charge in [-0.05, 0) is 39.1 Å². The highest BCUT2D eigenvalue weighted by atomic mass is 15.2. The van der Waals surface area contributed by atoms with E-state index in [0.29, 0.717) is 11.2 Å². The molecule has 1 aromatic heterocycles. The van der Waals surface area contributed by atoms with Crippen LogP contribution in [-0.4, -0.2) is 43.1 Å². The molecule has 0 amide bonds. The predicted octanol–water partition coefficient (Wildman–Crippen LogP) is 1.19. The van der Waals surface area contributed by atoms with Gasteiger partial charge in [-0.25, -0.2) is 4.98 Å². The quantitative estimate of drug-likeness (QED) is 0.832. The van der Waals surface area contributed by atoms with Crippen molar-refractivity contribution in [3.63, 3.8) is 0 Å². The first-order chi connectivity index (χ1) is 8.08. The second-order valence-corrected chi connectivity index (χ2v) is 5.82. The van der Waals surface area contributed by atoms with Crippen molar-refractivity contribution in [2.24, 2.45) is 5.41 Å². The summed E-state index contributed by atoms with van der Waals surface area (Å²) in [5, 5.41) is 0. The van der Waals surface area contributed by atoms with Crippen LogP contribution >= 0.6 is 0 Å². The molecule has 1 spiro atoms. The number of hydrogen-bond acceptors (Lipinski definition) is 4. The molecule has 1 saturated heterocycles. The zero-order valence-corrected chi connectivity index (χ0v) is 10.6. The van der Waals surface area contributed by atoms with Crippen molar-refractivity contribution in [2.75, 3.05) is 37.8 Å². The summed E-state index contributed by atoms with van der Waals surface area (Å²) in [6.45, 7) is 2.37. The van der Waals surface area contributed by atoms with Gasteiger partial charge < -0.3 is 15.5 Å². The van der Waals surface area contributed by atoms with E-state index >= 15 is 0 Å². The summed E-state index contributed by atoms with van der Waals surface area (Å²) in [5.74, 6) is 0.598. The van der Waals surface area contributed by atoms with Crippen molar-refractivity contribution in [3.05, 3.63) is 18.3 Å². The molecule has 92 valence electrons. The lowest BCUT2D eigenvalue weighted by Crippen LogP contribution is -2.66. The number of nitrogens with zero attached hydrogens (tertiary/aromatic N) is 3. The van der Waals surface area contributed by atoms with E-state index in [-0.39, 0.29) is 0 Å². The number of nitrogen functional groups attached to an aromatic ring is 1. The van der Waals surface area contributed by atoms with E-state index in [4.69, 9.17) is 5.73 Å². The van der Waals surface area contributed by atoms with Crippen LogP contribution < -0.4 is 10.6 Å². The van der Waals surface area contributed by atoms with E-state index in [2.05, 4.69) is 34.9 Å². The van der Waals surface area contributed by atoms with Gasteiger partial charge in [-0.15, -0.1) is 0 Å². The smallest absolute Gasteiger partial charge is 0.123 e. The molecule has 17 heavy (non-hydrogen) atoms. The molecule has 0 aromatic carbocycles. The first kappa shape index (κ1) is 10.8. The Hall–Kier alpha value is -1.29. The Labute approximate surface area is 102 Å². The Morgan fingerprint density at radius 2 is 2.06 bits per heavy atom. The number of pyridine rings is 1. The minimum atomic E-state index is 0.594. The highest BCUT2D eigenvalue weighted by Crippen LogP contribution is 2.50. The maximum absolute atomic E-state index is 5.59. The summed E-state index contributed by atoms with van der Waals surface area (Å²) in [6, 6.07) is 4.74. The van der Waals surface area contributed by atoms with Gasteiger partial charge in [-0.3, -0.25) is 0 Å². The van der Waals surface area contributed by atoms with Gasteiger partial charge in [-0.2, -0.15) is 0 Å². The van der Waals surface area contributed by atoms with Crippen molar-refractivity contribution in [1.29, 1.82) is 0 Å². The minimum absolute atomic E-state index is 0.594. The lowest BCUT2D eigenvalue weighted by Gasteiger charge is -2.61. The maximum atomic E-state index is 5.59. The monoisotopic (exact) mass is 232 g/mol. The highest BCUT2D eigenvalue weighted by molar-refractivity contribution is 5.51. The van der Waals surface area contributed by atoms with Gasteiger partial charge in [-0.1, -0.05) is 0 Å². The molecule has 1 aliphatic carbocycles. The zero-order valence-electron chi connectivity index (χ0n) is 10.6. The largest absolute Gasteiger partial charge is 0.384 e. The molecule has 0 atom stereocenters. The van der Waals surface area contributed by atoms with E-state index in [1.54, 1.807) is 0 Å². The van der Waals surface area contributed by atoms with Gasteiger partial charge in [0.2, 0.25) is 0 Å². The molecular weight excluding hydrogens is 212 g/mol. The SMILES string of the molecule is CN(C)C1CC2(C1)CN(c1ccc(N)nc1)C2. The van der Waals surface area contributed by atoms with E-state index in [1.165, 1.54) is 31.6 Å². The standard InChI is InChI=1S/C13H20N4/c1-16(2)11-5-13(6-11)8-17(9-13)10-3-4-12(14)15-7-10/h3-4,7,11H,5-6,8-9H2,1-2H3,(H2,14,15). The molecule has 4 nitrogen and oxygen atoms in total. The van der Waals surface area contributed by atoms with E-state index in [1.807, 2.05) is 12.3 Å². The molecule has 2 fully saturated rings. The van der Waals surface area contributed by atoms with Crippen LogP contribution in [-0.2, 0) is 0 Å². The lowest BCUT2D eigenvalue weighted by molar-refractivity contribution is 0.00132. The molecule has 2 N–H and O–H groups in total. The average Bonchev–Trinajstić information content (AvgIpc) is 2.15. The molecule has 0 unspecified atom stereocenters. The lowest BCUT2D eigenvalue weighted by atomic mass is 9.60. The van der Waals surface area contributed by atoms with Crippen LogP contribution in [0.2, 0.25) is 0 Å². The summed E-state index contributed by atoms with van der Waals surface area (Å²) in [6.07, 6.45) is 4.57. The van der Waals surface area contributed by atoms with E-state index in [9.17, 15) is 0 Å². The van der Waals surface area contributed by atoms with Crippen LogP contribution in [0.4, 0.5) is 11.5 Å². The topological polar surface area (TPSA) is 45.4 Å². The Kier molecular flexibility index (Phi) is 2.30. The van der Waals surface area contributed by atoms with Crippen molar-refractivity contribution >= 4 is 11.5 Å². The van der Waals surface area contributed by atoms with Crippen LogP contribution in [0.25, 0.3) is 0 Å². The summed E-state index contributed by atoms with van der Waals surface area (Å²) < 4.78 is 0. The van der Waals surface area contributed by atoms with Gasteiger partial charge >= 0.3 is 0 Å². The molecule has 1 aromatic rings. The molecule has 1 saturated carbocycles. The fourth-order valence-electron chi connectivity index (χ4n) is 3.09. The van der Waals surface area contributed by atoms with Crippen molar-refractivity contribution < 1.29 is 0 Å². The van der Waals surface area contributed by atoms with Crippen LogP contribution in [0.1, 0.15) is 12.8 Å². The molecule has 3 rings (SSSR count).